The van der Waals surface area contributed by atoms with Gasteiger partial charge in [0, 0.05) is 0 Å². The first-order chi connectivity index (χ1) is 4.68. The van der Waals surface area contributed by atoms with Crippen LogP contribution < -0.4 is 0 Å². The van der Waals surface area contributed by atoms with Crippen LogP contribution in [0.15, 0.2) is 0 Å². The summed E-state index contributed by atoms with van der Waals surface area (Å²) in [7, 11) is 0. The molecule has 0 aliphatic carbocycles. The standard InChI is InChI=1S/C3H7Cl2O2PS2/c1-10-8(9,6-2-4)7-3-5/h2-3H2,1H3. The summed E-state index contributed by atoms with van der Waals surface area (Å²) in [5.74, 6) is 0. The van der Waals surface area contributed by atoms with Crippen LogP contribution in [0.25, 0.3) is 0 Å². The Kier molecular flexibility index (Phi) is 6.97. The van der Waals surface area contributed by atoms with Gasteiger partial charge in [-0.3, -0.25) is 0 Å². The van der Waals surface area contributed by atoms with E-state index in [9.17, 15) is 0 Å². The summed E-state index contributed by atoms with van der Waals surface area (Å²) in [6.07, 6.45) is 1.81. The molecule has 2 nitrogen and oxygen atoms in total. The second kappa shape index (κ2) is 6.06. The SMILES string of the molecule is CSP(=S)(OCCl)OCCl. The minimum atomic E-state index is -2.21. The van der Waals surface area contributed by atoms with E-state index in [1.165, 1.54) is 11.4 Å². The lowest BCUT2D eigenvalue weighted by molar-refractivity contribution is 0.327. The number of hydrogen-bond donors (Lipinski definition) is 0. The van der Waals surface area contributed by atoms with E-state index >= 15 is 0 Å². The maximum Gasteiger partial charge on any atom is 0.249 e. The highest BCUT2D eigenvalue weighted by Gasteiger charge is 2.15. The van der Waals surface area contributed by atoms with Gasteiger partial charge in [-0.25, -0.2) is 0 Å². The Labute approximate surface area is 79.5 Å². The van der Waals surface area contributed by atoms with Gasteiger partial charge in [0.15, 0.2) is 0 Å². The fourth-order valence-corrected chi connectivity index (χ4v) is 3.57. The molecule has 0 aromatic carbocycles. The zero-order chi connectivity index (χ0) is 8.04. The van der Waals surface area contributed by atoms with Crippen LogP contribution in [0.4, 0.5) is 0 Å². The van der Waals surface area contributed by atoms with Crippen LogP contribution in [0.1, 0.15) is 0 Å². The molecular formula is C3H7Cl2O2PS2. The second-order valence-electron chi connectivity index (χ2n) is 1.11. The van der Waals surface area contributed by atoms with Crippen molar-refractivity contribution in [1.82, 2.24) is 0 Å². The van der Waals surface area contributed by atoms with Crippen LogP contribution >= 0.6 is 40.3 Å². The van der Waals surface area contributed by atoms with Crippen LogP contribution in [0, 0.1) is 0 Å². The van der Waals surface area contributed by atoms with E-state index in [1.807, 2.05) is 0 Å². The highest BCUT2D eigenvalue weighted by Crippen LogP contribution is 2.59. The van der Waals surface area contributed by atoms with Crippen molar-refractivity contribution in [3.8, 4) is 0 Å². The van der Waals surface area contributed by atoms with E-state index in [4.69, 9.17) is 44.1 Å². The molecule has 7 heteroatoms. The molecule has 0 spiro atoms. The first kappa shape index (κ1) is 11.5. The van der Waals surface area contributed by atoms with Crippen LogP contribution in [0.5, 0.6) is 0 Å². The van der Waals surface area contributed by atoms with Gasteiger partial charge in [0.05, 0.1) is 0 Å². The zero-order valence-corrected chi connectivity index (χ0v) is 9.29. The first-order valence-electron chi connectivity index (χ1n) is 2.25. The van der Waals surface area contributed by atoms with Crippen molar-refractivity contribution >= 4 is 52.1 Å². The summed E-state index contributed by atoms with van der Waals surface area (Å²) in [5.41, 5.74) is -2.21. The molecule has 0 N–H and O–H groups in total. The lowest BCUT2D eigenvalue weighted by Crippen LogP contribution is -1.87. The predicted octanol–water partition coefficient (Wildman–Crippen LogP) is 3.00. The molecule has 10 heavy (non-hydrogen) atoms. The molecule has 0 fully saturated rings. The minimum absolute atomic E-state index is 0.0506. The molecule has 0 aliphatic heterocycles. The van der Waals surface area contributed by atoms with Gasteiger partial charge in [0.2, 0.25) is 5.69 Å². The van der Waals surface area contributed by atoms with Crippen molar-refractivity contribution in [1.29, 1.82) is 0 Å². The van der Waals surface area contributed by atoms with Gasteiger partial charge in [0.25, 0.3) is 0 Å². The molecule has 0 atom stereocenters. The lowest BCUT2D eigenvalue weighted by atomic mass is 11.7. The molecule has 62 valence electrons. The molecule has 0 radical (unpaired) electrons. The van der Waals surface area contributed by atoms with E-state index in [0.29, 0.717) is 0 Å². The Morgan fingerprint density at radius 3 is 2.00 bits per heavy atom. The summed E-state index contributed by atoms with van der Waals surface area (Å²) in [6, 6.07) is 0.101. The smallest absolute Gasteiger partial charge is 0.249 e. The molecule has 0 aliphatic rings. The number of alkyl halides is 2. The molecule has 0 heterocycles. The third-order valence-electron chi connectivity index (χ3n) is 0.637. The molecule has 0 amide bonds. The van der Waals surface area contributed by atoms with Gasteiger partial charge >= 0.3 is 0 Å². The zero-order valence-electron chi connectivity index (χ0n) is 5.25. The van der Waals surface area contributed by atoms with E-state index < -0.39 is 5.69 Å². The van der Waals surface area contributed by atoms with Crippen LogP contribution in [0.3, 0.4) is 0 Å². The van der Waals surface area contributed by atoms with Gasteiger partial charge in [-0.05, 0) is 18.1 Å². The number of halogens is 2. The van der Waals surface area contributed by atoms with Gasteiger partial charge in [-0.15, -0.1) is 0 Å². The fraction of sp³-hybridized carbons (Fsp3) is 1.00. The van der Waals surface area contributed by atoms with Crippen molar-refractivity contribution in [3.05, 3.63) is 0 Å². The van der Waals surface area contributed by atoms with Gasteiger partial charge in [0.1, 0.15) is 12.1 Å². The number of hydrogen-bond acceptors (Lipinski definition) is 4. The summed E-state index contributed by atoms with van der Waals surface area (Å²) >= 11 is 16.9. The third kappa shape index (κ3) is 4.39. The van der Waals surface area contributed by atoms with Gasteiger partial charge in [-0.2, -0.15) is 0 Å². The van der Waals surface area contributed by atoms with Crippen molar-refractivity contribution in [2.24, 2.45) is 0 Å². The van der Waals surface area contributed by atoms with Gasteiger partial charge < -0.3 is 9.05 Å². The maximum absolute atomic E-state index is 5.30. The average Bonchev–Trinajstić information content (AvgIpc) is 1.89. The lowest BCUT2D eigenvalue weighted by Gasteiger charge is -2.15. The molecule has 0 unspecified atom stereocenters. The second-order valence-corrected chi connectivity index (χ2v) is 7.99. The Morgan fingerprint density at radius 1 is 1.40 bits per heavy atom. The molecule has 0 saturated heterocycles. The van der Waals surface area contributed by atoms with Crippen molar-refractivity contribution in [2.45, 2.75) is 0 Å². The topological polar surface area (TPSA) is 18.5 Å². The molecule has 0 bridgehead atoms. The fourth-order valence-electron chi connectivity index (χ4n) is 0.262. The first-order valence-corrected chi connectivity index (χ1v) is 7.79. The molecular weight excluding hydrogens is 234 g/mol. The summed E-state index contributed by atoms with van der Waals surface area (Å²) < 4.78 is 9.93. The Bertz CT molecular complexity index is 124. The van der Waals surface area contributed by atoms with Crippen LogP contribution in [0.2, 0.25) is 0 Å². The molecule has 0 aromatic heterocycles. The summed E-state index contributed by atoms with van der Waals surface area (Å²) in [5, 5.41) is 0. The Balaban J connectivity index is 3.83. The Hall–Kier alpha value is 1.50. The largest absolute Gasteiger partial charge is 0.305 e. The highest BCUT2D eigenvalue weighted by molar-refractivity contribution is 8.67. The maximum atomic E-state index is 5.30. The molecule has 0 rings (SSSR count). The summed E-state index contributed by atoms with van der Waals surface area (Å²) in [4.78, 5) is 0. The molecule has 0 saturated carbocycles. The van der Waals surface area contributed by atoms with E-state index in [-0.39, 0.29) is 12.1 Å². The summed E-state index contributed by atoms with van der Waals surface area (Å²) in [6.45, 7) is 0. The minimum Gasteiger partial charge on any atom is -0.305 e. The quantitative estimate of drug-likeness (QED) is 0.543. The third-order valence-corrected chi connectivity index (χ3v) is 6.45. The molecule has 0 aromatic rings. The van der Waals surface area contributed by atoms with Crippen molar-refractivity contribution in [2.75, 3.05) is 18.4 Å². The normalized spacial score (nSPS) is 11.9. The van der Waals surface area contributed by atoms with E-state index in [0.717, 1.165) is 0 Å². The Morgan fingerprint density at radius 2 is 1.80 bits per heavy atom. The number of rotatable bonds is 5. The predicted molar refractivity (Wildman–Crippen MR) is 51.4 cm³/mol. The van der Waals surface area contributed by atoms with Crippen molar-refractivity contribution in [3.63, 3.8) is 0 Å². The van der Waals surface area contributed by atoms with E-state index in [2.05, 4.69) is 0 Å². The highest BCUT2D eigenvalue weighted by atomic mass is 35.5. The average molecular weight is 241 g/mol. The van der Waals surface area contributed by atoms with Crippen LogP contribution in [-0.2, 0) is 20.9 Å². The monoisotopic (exact) mass is 240 g/mol. The van der Waals surface area contributed by atoms with Gasteiger partial charge in [-0.1, -0.05) is 34.6 Å². The van der Waals surface area contributed by atoms with Crippen molar-refractivity contribution < 1.29 is 9.05 Å². The van der Waals surface area contributed by atoms with Crippen LogP contribution in [-0.4, -0.2) is 18.4 Å². The van der Waals surface area contributed by atoms with E-state index in [1.54, 1.807) is 6.26 Å².